The molecule has 3 heterocycles. The van der Waals surface area contributed by atoms with Crippen LogP contribution in [0.3, 0.4) is 0 Å². The predicted molar refractivity (Wildman–Crippen MR) is 125 cm³/mol. The maximum atomic E-state index is 14.0. The van der Waals surface area contributed by atoms with Crippen LogP contribution < -0.4 is 15.4 Å². The van der Waals surface area contributed by atoms with E-state index in [2.05, 4.69) is 15.6 Å². The van der Waals surface area contributed by atoms with Gasteiger partial charge in [0.2, 0.25) is 0 Å². The smallest absolute Gasteiger partial charge is 0.270 e. The van der Waals surface area contributed by atoms with Crippen molar-refractivity contribution in [2.24, 2.45) is 0 Å². The molecule has 2 aromatic carbocycles. The number of fused-ring (bicyclic) bond motifs is 2. The van der Waals surface area contributed by atoms with Crippen LogP contribution in [0.1, 0.15) is 32.9 Å². The Morgan fingerprint density at radius 2 is 1.94 bits per heavy atom. The van der Waals surface area contributed by atoms with E-state index in [1.165, 1.54) is 18.2 Å². The third-order valence-electron chi connectivity index (χ3n) is 6.00. The topological polar surface area (TPSA) is 67.7 Å². The summed E-state index contributed by atoms with van der Waals surface area (Å²) in [6, 6.07) is 13.4. The van der Waals surface area contributed by atoms with E-state index in [9.17, 15) is 13.6 Å². The number of benzene rings is 2. The quantitative estimate of drug-likeness (QED) is 0.456. The van der Waals surface area contributed by atoms with E-state index >= 15 is 0 Å². The van der Waals surface area contributed by atoms with Crippen LogP contribution in [0.25, 0.3) is 5.65 Å². The second-order valence-corrected chi connectivity index (χ2v) is 8.52. The van der Waals surface area contributed by atoms with Gasteiger partial charge in [-0.1, -0.05) is 24.3 Å². The van der Waals surface area contributed by atoms with Crippen molar-refractivity contribution in [3.8, 4) is 5.75 Å². The third kappa shape index (κ3) is 4.07. The van der Waals surface area contributed by atoms with E-state index in [0.29, 0.717) is 29.3 Å². The summed E-state index contributed by atoms with van der Waals surface area (Å²) in [7, 11) is 0. The minimum Gasteiger partial charge on any atom is -0.485 e. The highest BCUT2D eigenvalue weighted by molar-refractivity contribution is 5.95. The van der Waals surface area contributed by atoms with Crippen LogP contribution in [-0.2, 0) is 13.0 Å². The number of para-hydroxylation sites is 1. The number of hydrogen-bond donors (Lipinski definition) is 2. The van der Waals surface area contributed by atoms with Gasteiger partial charge >= 0.3 is 0 Å². The van der Waals surface area contributed by atoms with Crippen LogP contribution in [-0.4, -0.2) is 27.9 Å². The van der Waals surface area contributed by atoms with Gasteiger partial charge in [-0.15, -0.1) is 0 Å². The number of aromatic nitrogens is 2. The van der Waals surface area contributed by atoms with Gasteiger partial charge in [0, 0.05) is 18.4 Å². The number of pyridine rings is 1. The molecule has 5 rings (SSSR count). The van der Waals surface area contributed by atoms with Gasteiger partial charge in [-0.2, -0.15) is 0 Å². The summed E-state index contributed by atoms with van der Waals surface area (Å²) < 4.78 is 35.5. The first kappa shape index (κ1) is 21.9. The number of rotatable bonds is 5. The number of amides is 1. The van der Waals surface area contributed by atoms with Crippen molar-refractivity contribution in [2.75, 3.05) is 11.9 Å². The molecule has 0 bridgehead atoms. The number of imidazole rings is 1. The van der Waals surface area contributed by atoms with Crippen LogP contribution in [0.2, 0.25) is 0 Å². The normalized spacial score (nSPS) is 15.0. The number of halogens is 2. The highest BCUT2D eigenvalue weighted by atomic mass is 19.1. The lowest BCUT2D eigenvalue weighted by molar-refractivity contribution is 0.0931. The van der Waals surface area contributed by atoms with Gasteiger partial charge in [0.15, 0.2) is 11.4 Å². The van der Waals surface area contributed by atoms with Gasteiger partial charge < -0.3 is 15.4 Å². The molecule has 174 valence electrons. The van der Waals surface area contributed by atoms with E-state index in [-0.39, 0.29) is 24.1 Å². The van der Waals surface area contributed by atoms with E-state index in [1.807, 2.05) is 31.2 Å². The predicted octanol–water partition coefficient (Wildman–Crippen LogP) is 4.57. The monoisotopic (exact) mass is 462 g/mol. The maximum Gasteiger partial charge on any atom is 0.270 e. The van der Waals surface area contributed by atoms with Crippen LogP contribution in [0, 0.1) is 25.5 Å². The van der Waals surface area contributed by atoms with Crippen LogP contribution in [0.15, 0.2) is 54.7 Å². The van der Waals surface area contributed by atoms with Crippen molar-refractivity contribution in [3.63, 3.8) is 0 Å². The Kier molecular flexibility index (Phi) is 5.65. The molecule has 1 amide bonds. The number of carbonyl (C=O) groups excluding carboxylic acids is 1. The molecule has 0 spiro atoms. The van der Waals surface area contributed by atoms with E-state index in [4.69, 9.17) is 4.74 Å². The fourth-order valence-electron chi connectivity index (χ4n) is 4.36. The minimum atomic E-state index is -0.675. The van der Waals surface area contributed by atoms with Crippen molar-refractivity contribution >= 4 is 17.2 Å². The van der Waals surface area contributed by atoms with Crippen LogP contribution in [0.5, 0.6) is 5.75 Å². The number of nitrogens with zero attached hydrogens (tertiary/aromatic N) is 2. The molecule has 4 aromatic rings. The number of ether oxygens (including phenoxy) is 1. The standard InChI is InChI=1S/C26H24F2N4O2/c1-15-10-23(34-14-19-20(27)7-5-8-21(19)28)25-30-16(2)24(32(25)13-15)26(33)31-18-11-17-6-3-4-9-22(17)29-12-18/h3-10,13,18,29H,11-12,14H2,1-2H3,(H,31,33). The van der Waals surface area contributed by atoms with Gasteiger partial charge in [-0.3, -0.25) is 9.20 Å². The van der Waals surface area contributed by atoms with Gasteiger partial charge in [0.25, 0.3) is 5.91 Å². The van der Waals surface area contributed by atoms with Gasteiger partial charge in [-0.25, -0.2) is 13.8 Å². The zero-order valence-electron chi connectivity index (χ0n) is 18.9. The molecule has 0 saturated heterocycles. The van der Waals surface area contributed by atoms with Crippen molar-refractivity contribution < 1.29 is 18.3 Å². The molecule has 2 aromatic heterocycles. The lowest BCUT2D eigenvalue weighted by Gasteiger charge is -2.27. The Balaban J connectivity index is 1.41. The Labute approximate surface area is 195 Å². The molecular weight excluding hydrogens is 438 g/mol. The third-order valence-corrected chi connectivity index (χ3v) is 6.00. The summed E-state index contributed by atoms with van der Waals surface area (Å²) in [6.07, 6.45) is 2.53. The molecule has 1 aliphatic rings. The van der Waals surface area contributed by atoms with Gasteiger partial charge in [0.1, 0.15) is 23.9 Å². The summed E-state index contributed by atoms with van der Waals surface area (Å²) >= 11 is 0. The average molecular weight is 463 g/mol. The Hall–Kier alpha value is -3.94. The van der Waals surface area contributed by atoms with Crippen molar-refractivity contribution in [1.82, 2.24) is 14.7 Å². The molecule has 0 aliphatic carbocycles. The van der Waals surface area contributed by atoms with Gasteiger partial charge in [0.05, 0.1) is 17.3 Å². The Morgan fingerprint density at radius 1 is 1.18 bits per heavy atom. The van der Waals surface area contributed by atoms with Crippen molar-refractivity contribution in [1.29, 1.82) is 0 Å². The first-order valence-electron chi connectivity index (χ1n) is 11.1. The number of hydrogen-bond acceptors (Lipinski definition) is 4. The Morgan fingerprint density at radius 3 is 2.74 bits per heavy atom. The average Bonchev–Trinajstić information content (AvgIpc) is 3.14. The number of nitrogens with one attached hydrogen (secondary N) is 2. The molecule has 2 N–H and O–H groups in total. The first-order valence-corrected chi connectivity index (χ1v) is 11.1. The molecule has 1 atom stereocenters. The number of aryl methyl sites for hydroxylation is 2. The largest absolute Gasteiger partial charge is 0.485 e. The molecule has 0 fully saturated rings. The number of anilines is 1. The molecular formula is C26H24F2N4O2. The minimum absolute atomic E-state index is 0.0723. The van der Waals surface area contributed by atoms with E-state index < -0.39 is 11.6 Å². The lowest BCUT2D eigenvalue weighted by atomic mass is 9.99. The fourth-order valence-corrected chi connectivity index (χ4v) is 4.36. The van der Waals surface area contributed by atoms with Crippen LogP contribution in [0.4, 0.5) is 14.5 Å². The van der Waals surface area contributed by atoms with Crippen molar-refractivity contribution in [3.05, 3.63) is 94.4 Å². The van der Waals surface area contributed by atoms with E-state index in [1.54, 1.807) is 23.6 Å². The number of carbonyl (C=O) groups is 1. The molecule has 34 heavy (non-hydrogen) atoms. The molecule has 0 saturated carbocycles. The summed E-state index contributed by atoms with van der Waals surface area (Å²) in [5, 5.41) is 6.46. The SMILES string of the molecule is Cc1cc(OCc2c(F)cccc2F)c2nc(C)c(C(=O)NC3CNc4ccccc4C3)n2c1. The first-order chi connectivity index (χ1) is 16.4. The fraction of sp³-hybridized carbons (Fsp3) is 0.231. The zero-order valence-corrected chi connectivity index (χ0v) is 18.9. The molecule has 0 radical (unpaired) electrons. The summed E-state index contributed by atoms with van der Waals surface area (Å²) in [5.41, 5.74) is 4.25. The second-order valence-electron chi connectivity index (χ2n) is 8.52. The summed E-state index contributed by atoms with van der Waals surface area (Å²) in [6.45, 7) is 3.94. The molecule has 6 nitrogen and oxygen atoms in total. The van der Waals surface area contributed by atoms with Gasteiger partial charge in [-0.05, 0) is 55.7 Å². The highest BCUT2D eigenvalue weighted by Gasteiger charge is 2.24. The van der Waals surface area contributed by atoms with Crippen LogP contribution >= 0.6 is 0 Å². The maximum absolute atomic E-state index is 14.0. The van der Waals surface area contributed by atoms with Crippen molar-refractivity contribution in [2.45, 2.75) is 32.9 Å². The molecule has 1 aliphatic heterocycles. The highest BCUT2D eigenvalue weighted by Crippen LogP contribution is 2.26. The molecule has 8 heteroatoms. The summed E-state index contributed by atoms with van der Waals surface area (Å²) in [5.74, 6) is -1.25. The molecule has 1 unspecified atom stereocenters. The Bertz CT molecular complexity index is 1380. The zero-order chi connectivity index (χ0) is 23.8. The second kappa shape index (κ2) is 8.78. The summed E-state index contributed by atoms with van der Waals surface area (Å²) in [4.78, 5) is 17.8. The lowest BCUT2D eigenvalue weighted by Crippen LogP contribution is -2.44. The van der Waals surface area contributed by atoms with E-state index in [0.717, 1.165) is 23.2 Å².